The number of hydrogen-bond acceptors (Lipinski definition) is 4. The highest BCUT2D eigenvalue weighted by Gasteiger charge is 2.26. The van der Waals surface area contributed by atoms with Crippen LogP contribution in [0, 0.1) is 11.7 Å². The van der Waals surface area contributed by atoms with Crippen molar-refractivity contribution in [3.05, 3.63) is 65.6 Å². The highest BCUT2D eigenvalue weighted by molar-refractivity contribution is 5.93. The maximum absolute atomic E-state index is 13.2. The minimum Gasteiger partial charge on any atom is -0.507 e. The van der Waals surface area contributed by atoms with Gasteiger partial charge < -0.3 is 15.7 Å². The minimum atomic E-state index is -0.374. The number of carbonyl (C=O) groups is 2. The monoisotopic (exact) mass is 492 g/mol. The smallest absolute Gasteiger partial charge is 0.342 e. The summed E-state index contributed by atoms with van der Waals surface area (Å²) < 4.78 is 14.6. The lowest BCUT2D eigenvalue weighted by Crippen LogP contribution is -2.30. The first-order valence-corrected chi connectivity index (χ1v) is 12.7. The number of nitrogens with zero attached hydrogens (tertiary/aromatic N) is 2. The Morgan fingerprint density at radius 1 is 1.08 bits per heavy atom. The average molecular weight is 493 g/mol. The van der Waals surface area contributed by atoms with Gasteiger partial charge >= 0.3 is 6.03 Å². The van der Waals surface area contributed by atoms with Crippen LogP contribution in [0.15, 0.2) is 48.5 Å². The summed E-state index contributed by atoms with van der Waals surface area (Å²) in [5.41, 5.74) is 3.08. The number of amides is 2. The van der Waals surface area contributed by atoms with Gasteiger partial charge in [-0.2, -0.15) is 9.78 Å². The number of rotatable bonds is 8. The number of phenols is 1. The Hall–Kier alpha value is -3.68. The van der Waals surface area contributed by atoms with Crippen LogP contribution in [0.4, 0.5) is 14.9 Å². The fourth-order valence-corrected chi connectivity index (χ4v) is 4.79. The molecular formula is C28H33FN4O3. The molecule has 2 amide bonds. The lowest BCUT2D eigenvalue weighted by Gasteiger charge is -2.13. The molecule has 3 aromatic rings. The Bertz CT molecular complexity index is 1210. The molecule has 1 aliphatic rings. The van der Waals surface area contributed by atoms with Gasteiger partial charge in [0.2, 0.25) is 5.91 Å². The molecule has 0 bridgehead atoms. The zero-order valence-corrected chi connectivity index (χ0v) is 20.8. The van der Waals surface area contributed by atoms with Crippen LogP contribution in [0.1, 0.15) is 69.5 Å². The molecule has 4 rings (SSSR count). The zero-order chi connectivity index (χ0) is 25.7. The molecule has 7 nitrogen and oxygen atoms in total. The van der Waals surface area contributed by atoms with Crippen molar-refractivity contribution in [1.82, 2.24) is 15.1 Å². The molecule has 36 heavy (non-hydrogen) atoms. The van der Waals surface area contributed by atoms with Gasteiger partial charge in [-0.25, -0.2) is 9.18 Å². The van der Waals surface area contributed by atoms with Gasteiger partial charge in [0.05, 0.1) is 11.4 Å². The average Bonchev–Trinajstić information content (AvgIpc) is 3.55. The normalized spacial score (nSPS) is 13.8. The summed E-state index contributed by atoms with van der Waals surface area (Å²) in [4.78, 5) is 25.5. The number of hydrogen-bond donors (Lipinski definition) is 3. The van der Waals surface area contributed by atoms with Crippen molar-refractivity contribution in [2.24, 2.45) is 5.92 Å². The number of nitrogens with one attached hydrogen (secondary N) is 2. The van der Waals surface area contributed by atoms with Gasteiger partial charge in [-0.15, -0.1) is 0 Å². The Kier molecular flexibility index (Phi) is 8.03. The van der Waals surface area contributed by atoms with E-state index in [4.69, 9.17) is 0 Å². The summed E-state index contributed by atoms with van der Waals surface area (Å²) in [6.45, 7) is 4.19. The van der Waals surface area contributed by atoms with E-state index >= 15 is 0 Å². The van der Waals surface area contributed by atoms with Crippen LogP contribution in [-0.4, -0.2) is 26.8 Å². The molecule has 3 N–H and O–H groups in total. The van der Waals surface area contributed by atoms with Crippen molar-refractivity contribution in [2.75, 3.05) is 5.32 Å². The lowest BCUT2D eigenvalue weighted by atomic mass is 10.0. The zero-order valence-electron chi connectivity index (χ0n) is 20.8. The lowest BCUT2D eigenvalue weighted by molar-refractivity contribution is -0.120. The number of halogens is 1. The first kappa shape index (κ1) is 25.4. The van der Waals surface area contributed by atoms with Crippen LogP contribution in [-0.2, 0) is 11.3 Å². The fourth-order valence-electron chi connectivity index (χ4n) is 4.79. The van der Waals surface area contributed by atoms with Crippen molar-refractivity contribution in [3.63, 3.8) is 0 Å². The molecule has 2 aromatic carbocycles. The number of aromatic nitrogens is 2. The first-order chi connectivity index (χ1) is 17.4. The second kappa shape index (κ2) is 11.4. The summed E-state index contributed by atoms with van der Waals surface area (Å²) in [5, 5.41) is 21.0. The second-order valence-corrected chi connectivity index (χ2v) is 9.37. The summed E-state index contributed by atoms with van der Waals surface area (Å²) in [6.07, 6.45) is 5.64. The van der Waals surface area contributed by atoms with E-state index in [1.54, 1.807) is 24.3 Å². The molecule has 8 heteroatoms. The van der Waals surface area contributed by atoms with E-state index in [1.165, 1.54) is 22.9 Å². The van der Waals surface area contributed by atoms with E-state index in [2.05, 4.69) is 15.7 Å². The molecule has 1 aliphatic carbocycles. The number of phenolic OH excluding ortho intramolecular Hbond substituents is 1. The van der Waals surface area contributed by atoms with E-state index in [1.807, 2.05) is 19.9 Å². The standard InChI is InChI=1S/C28H33FN4O3/c1-3-19(4-2)27(35)31-22-13-14-23(26(34)15-22)24-16-25(20-7-5-6-8-20)33(32-24)28(36)30-17-18-9-11-21(29)12-10-18/h9-16,19-20,34H,3-8,17H2,1-2H3,(H,30,36)(H,31,35). The quantitative estimate of drug-likeness (QED) is 0.350. The predicted octanol–water partition coefficient (Wildman–Crippen LogP) is 6.19. The van der Waals surface area contributed by atoms with Gasteiger partial charge in [0.15, 0.2) is 0 Å². The van der Waals surface area contributed by atoms with Gasteiger partial charge in [0, 0.05) is 35.7 Å². The predicted molar refractivity (Wildman–Crippen MR) is 137 cm³/mol. The number of anilines is 1. The van der Waals surface area contributed by atoms with Crippen LogP contribution >= 0.6 is 0 Å². The van der Waals surface area contributed by atoms with Crippen LogP contribution in [0.3, 0.4) is 0 Å². The van der Waals surface area contributed by atoms with Crippen molar-refractivity contribution in [1.29, 1.82) is 0 Å². The molecule has 190 valence electrons. The Morgan fingerprint density at radius 2 is 1.78 bits per heavy atom. The van der Waals surface area contributed by atoms with E-state index in [0.717, 1.165) is 49.8 Å². The first-order valence-electron chi connectivity index (χ1n) is 12.7. The Labute approximate surface area is 210 Å². The third-order valence-electron chi connectivity index (χ3n) is 6.96. The fraction of sp³-hybridized carbons (Fsp3) is 0.393. The van der Waals surface area contributed by atoms with Crippen molar-refractivity contribution < 1.29 is 19.1 Å². The van der Waals surface area contributed by atoms with Crippen molar-refractivity contribution in [3.8, 4) is 17.0 Å². The van der Waals surface area contributed by atoms with E-state index in [9.17, 15) is 19.1 Å². The third-order valence-corrected chi connectivity index (χ3v) is 6.96. The maximum atomic E-state index is 13.2. The van der Waals surface area contributed by atoms with Crippen LogP contribution in [0.2, 0.25) is 0 Å². The van der Waals surface area contributed by atoms with Crippen LogP contribution < -0.4 is 10.6 Å². The number of carbonyl (C=O) groups excluding carboxylic acids is 2. The third kappa shape index (κ3) is 5.75. The summed E-state index contributed by atoms with van der Waals surface area (Å²) in [6, 6.07) is 12.4. The summed E-state index contributed by atoms with van der Waals surface area (Å²) in [5.74, 6) is -0.288. The largest absolute Gasteiger partial charge is 0.507 e. The summed E-state index contributed by atoms with van der Waals surface area (Å²) in [7, 11) is 0. The van der Waals surface area contributed by atoms with Crippen LogP contribution in [0.25, 0.3) is 11.3 Å². The van der Waals surface area contributed by atoms with Gasteiger partial charge in [0.1, 0.15) is 11.6 Å². The topological polar surface area (TPSA) is 96.3 Å². The van der Waals surface area contributed by atoms with Gasteiger partial charge in [-0.3, -0.25) is 4.79 Å². The number of benzene rings is 2. The van der Waals surface area contributed by atoms with E-state index in [0.29, 0.717) is 16.9 Å². The molecule has 0 spiro atoms. The molecule has 0 aliphatic heterocycles. The van der Waals surface area contributed by atoms with Crippen LogP contribution in [0.5, 0.6) is 5.75 Å². The minimum absolute atomic E-state index is 0.0216. The molecule has 0 atom stereocenters. The molecule has 1 aromatic heterocycles. The van der Waals surface area contributed by atoms with E-state index < -0.39 is 0 Å². The summed E-state index contributed by atoms with van der Waals surface area (Å²) >= 11 is 0. The Morgan fingerprint density at radius 3 is 2.42 bits per heavy atom. The second-order valence-electron chi connectivity index (χ2n) is 9.37. The highest BCUT2D eigenvalue weighted by atomic mass is 19.1. The van der Waals surface area contributed by atoms with Crippen molar-refractivity contribution in [2.45, 2.75) is 64.8 Å². The molecule has 0 radical (unpaired) electrons. The molecule has 0 unspecified atom stereocenters. The van der Waals surface area contributed by atoms with E-state index in [-0.39, 0.29) is 41.9 Å². The molecule has 1 saturated carbocycles. The maximum Gasteiger partial charge on any atom is 0.342 e. The Balaban J connectivity index is 1.56. The van der Waals surface area contributed by atoms with Gasteiger partial charge in [-0.1, -0.05) is 38.8 Å². The molecular weight excluding hydrogens is 459 g/mol. The van der Waals surface area contributed by atoms with Gasteiger partial charge in [0.25, 0.3) is 0 Å². The van der Waals surface area contributed by atoms with Gasteiger partial charge in [-0.05, 0) is 61.6 Å². The molecule has 1 fully saturated rings. The molecule has 0 saturated heterocycles. The van der Waals surface area contributed by atoms with Crippen molar-refractivity contribution >= 4 is 17.6 Å². The number of aromatic hydroxyl groups is 1. The molecule has 1 heterocycles. The highest BCUT2D eigenvalue weighted by Crippen LogP contribution is 2.38. The SMILES string of the molecule is CCC(CC)C(=O)Nc1ccc(-c2cc(C3CCCC3)n(C(=O)NCc3ccc(F)cc3)n2)c(O)c1.